The molecule has 152 valence electrons. The van der Waals surface area contributed by atoms with Crippen molar-refractivity contribution in [1.29, 1.82) is 0 Å². The van der Waals surface area contributed by atoms with Crippen molar-refractivity contribution in [3.8, 4) is 5.75 Å². The van der Waals surface area contributed by atoms with Gasteiger partial charge < -0.3 is 15.0 Å². The molecule has 0 aliphatic carbocycles. The lowest BCUT2D eigenvalue weighted by Crippen LogP contribution is -2.52. The maximum Gasteiger partial charge on any atom is 0.194 e. The van der Waals surface area contributed by atoms with Crippen LogP contribution in [-0.4, -0.2) is 56.1 Å². The average molecular weight is 498 g/mol. The highest BCUT2D eigenvalue weighted by atomic mass is 127. The summed E-state index contributed by atoms with van der Waals surface area (Å²) in [5, 5.41) is 3.33. The van der Waals surface area contributed by atoms with E-state index in [2.05, 4.69) is 44.4 Å². The molecule has 0 atom stereocenters. The van der Waals surface area contributed by atoms with E-state index in [1.807, 2.05) is 12.1 Å². The van der Waals surface area contributed by atoms with Crippen molar-refractivity contribution >= 4 is 29.9 Å². The van der Waals surface area contributed by atoms with Crippen LogP contribution >= 0.6 is 24.0 Å². The van der Waals surface area contributed by atoms with Crippen LogP contribution in [0.25, 0.3) is 0 Å². The van der Waals surface area contributed by atoms with Gasteiger partial charge in [-0.1, -0.05) is 36.4 Å². The number of rotatable bonds is 5. The van der Waals surface area contributed by atoms with Crippen LogP contribution in [-0.2, 0) is 13.1 Å². The van der Waals surface area contributed by atoms with Gasteiger partial charge in [0.1, 0.15) is 0 Å². The predicted molar refractivity (Wildman–Crippen MR) is 122 cm³/mol. The summed E-state index contributed by atoms with van der Waals surface area (Å²) in [6.07, 6.45) is 0. The zero-order valence-corrected chi connectivity index (χ0v) is 18.7. The number of halogens is 2. The molecule has 0 unspecified atom stereocenters. The van der Waals surface area contributed by atoms with Crippen molar-refractivity contribution in [2.24, 2.45) is 4.99 Å². The van der Waals surface area contributed by atoms with Gasteiger partial charge in [0, 0.05) is 46.3 Å². The maximum absolute atomic E-state index is 13.8. The molecule has 1 N–H and O–H groups in total. The quantitative estimate of drug-likeness (QED) is 0.390. The molecule has 0 spiro atoms. The first kappa shape index (κ1) is 22.4. The molecule has 2 aromatic carbocycles. The summed E-state index contributed by atoms with van der Waals surface area (Å²) in [7, 11) is 3.25. The van der Waals surface area contributed by atoms with E-state index in [-0.39, 0.29) is 35.5 Å². The van der Waals surface area contributed by atoms with Gasteiger partial charge >= 0.3 is 0 Å². The summed E-state index contributed by atoms with van der Waals surface area (Å²) < 4.78 is 18.8. The molecule has 1 aliphatic heterocycles. The Morgan fingerprint density at radius 3 is 2.39 bits per heavy atom. The van der Waals surface area contributed by atoms with Crippen molar-refractivity contribution < 1.29 is 9.13 Å². The molecule has 1 saturated heterocycles. The molecule has 0 saturated carbocycles. The van der Waals surface area contributed by atoms with Gasteiger partial charge in [0.05, 0.1) is 7.11 Å². The monoisotopic (exact) mass is 498 g/mol. The Morgan fingerprint density at radius 1 is 1.07 bits per heavy atom. The zero-order valence-electron chi connectivity index (χ0n) is 16.4. The van der Waals surface area contributed by atoms with E-state index in [9.17, 15) is 4.39 Å². The summed E-state index contributed by atoms with van der Waals surface area (Å²) in [5.41, 5.74) is 2.20. The fourth-order valence-corrected chi connectivity index (χ4v) is 3.29. The topological polar surface area (TPSA) is 40.1 Å². The lowest BCUT2D eigenvalue weighted by Gasteiger charge is -2.36. The second-order valence-corrected chi connectivity index (χ2v) is 6.62. The van der Waals surface area contributed by atoms with Gasteiger partial charge in [0.2, 0.25) is 0 Å². The van der Waals surface area contributed by atoms with Gasteiger partial charge in [-0.2, -0.15) is 0 Å². The fourth-order valence-electron chi connectivity index (χ4n) is 3.29. The maximum atomic E-state index is 13.8. The molecule has 2 aromatic rings. The smallest absolute Gasteiger partial charge is 0.194 e. The summed E-state index contributed by atoms with van der Waals surface area (Å²) >= 11 is 0. The molecule has 5 nitrogen and oxygen atoms in total. The minimum absolute atomic E-state index is 0. The van der Waals surface area contributed by atoms with Gasteiger partial charge in [-0.15, -0.1) is 24.0 Å². The van der Waals surface area contributed by atoms with E-state index in [0.717, 1.165) is 44.2 Å². The van der Waals surface area contributed by atoms with Crippen molar-refractivity contribution in [3.05, 3.63) is 65.5 Å². The van der Waals surface area contributed by atoms with Crippen molar-refractivity contribution in [1.82, 2.24) is 15.1 Å². The van der Waals surface area contributed by atoms with E-state index in [4.69, 9.17) is 4.74 Å². The number of aliphatic imine (C=N–C) groups is 1. The molecule has 0 bridgehead atoms. The Hall–Kier alpha value is -1.87. The molecule has 3 rings (SSSR count). The molecule has 28 heavy (non-hydrogen) atoms. The van der Waals surface area contributed by atoms with Crippen LogP contribution in [0, 0.1) is 5.82 Å². The number of piperazine rings is 1. The van der Waals surface area contributed by atoms with E-state index < -0.39 is 0 Å². The number of hydrogen-bond acceptors (Lipinski definition) is 3. The number of nitrogens with zero attached hydrogens (tertiary/aromatic N) is 3. The van der Waals surface area contributed by atoms with Crippen molar-refractivity contribution in [2.45, 2.75) is 13.1 Å². The van der Waals surface area contributed by atoms with Gasteiger partial charge in [-0.25, -0.2) is 4.39 Å². The molecule has 1 fully saturated rings. The van der Waals surface area contributed by atoms with E-state index >= 15 is 0 Å². The first-order valence-corrected chi connectivity index (χ1v) is 9.24. The van der Waals surface area contributed by atoms with Crippen LogP contribution in [0.5, 0.6) is 5.75 Å². The van der Waals surface area contributed by atoms with Crippen LogP contribution < -0.4 is 10.1 Å². The van der Waals surface area contributed by atoms with Crippen LogP contribution in [0.4, 0.5) is 4.39 Å². The number of hydrogen-bond donors (Lipinski definition) is 1. The highest BCUT2D eigenvalue weighted by Gasteiger charge is 2.19. The molecule has 0 amide bonds. The molecule has 0 aromatic heterocycles. The fraction of sp³-hybridized carbons (Fsp3) is 0.381. The Labute approximate surface area is 183 Å². The Bertz CT molecular complexity index is 764. The number of benzene rings is 2. The van der Waals surface area contributed by atoms with Gasteiger partial charge in [-0.05, 0) is 23.3 Å². The third kappa shape index (κ3) is 6.07. The number of ether oxygens (including phenoxy) is 1. The van der Waals surface area contributed by atoms with Crippen LogP contribution in [0.1, 0.15) is 11.1 Å². The molecular weight excluding hydrogens is 470 g/mol. The Kier molecular flexibility index (Phi) is 8.98. The van der Waals surface area contributed by atoms with E-state index in [1.54, 1.807) is 13.1 Å². The minimum atomic E-state index is -0.346. The standard InChI is InChI=1S/C21H27FN4O.HI/c1-23-21(24-15-18-8-9-20(27-2)19(22)14-18)26-12-10-25(11-13-26)16-17-6-4-3-5-7-17;/h3-9,14H,10-13,15-16H2,1-2H3,(H,23,24);1H. The SMILES string of the molecule is CN=C(NCc1ccc(OC)c(F)c1)N1CCN(Cc2ccccc2)CC1.I. The average Bonchev–Trinajstić information content (AvgIpc) is 2.70. The lowest BCUT2D eigenvalue weighted by molar-refractivity contribution is 0.172. The van der Waals surface area contributed by atoms with Crippen molar-refractivity contribution in [2.75, 3.05) is 40.3 Å². The largest absolute Gasteiger partial charge is 0.494 e. The molecule has 7 heteroatoms. The third-order valence-corrected chi connectivity index (χ3v) is 4.80. The summed E-state index contributed by atoms with van der Waals surface area (Å²) in [6.45, 7) is 5.33. The normalized spacial score (nSPS) is 15.1. The minimum Gasteiger partial charge on any atom is -0.494 e. The van der Waals surface area contributed by atoms with Crippen LogP contribution in [0.2, 0.25) is 0 Å². The third-order valence-electron chi connectivity index (χ3n) is 4.80. The van der Waals surface area contributed by atoms with E-state index in [1.165, 1.54) is 18.7 Å². The van der Waals surface area contributed by atoms with Gasteiger partial charge in [0.25, 0.3) is 0 Å². The summed E-state index contributed by atoms with van der Waals surface area (Å²) in [5.74, 6) is 0.768. The van der Waals surface area contributed by atoms with Gasteiger partial charge in [0.15, 0.2) is 17.5 Å². The van der Waals surface area contributed by atoms with E-state index in [0.29, 0.717) is 6.54 Å². The van der Waals surface area contributed by atoms with Crippen LogP contribution in [0.3, 0.4) is 0 Å². The number of guanidine groups is 1. The molecule has 1 heterocycles. The first-order valence-electron chi connectivity index (χ1n) is 9.24. The predicted octanol–water partition coefficient (Wildman–Crippen LogP) is 3.35. The highest BCUT2D eigenvalue weighted by molar-refractivity contribution is 14.0. The molecule has 0 radical (unpaired) electrons. The lowest BCUT2D eigenvalue weighted by atomic mass is 10.2. The molecule has 1 aliphatic rings. The number of nitrogens with one attached hydrogen (secondary N) is 1. The summed E-state index contributed by atoms with van der Waals surface area (Å²) in [6, 6.07) is 15.6. The first-order chi connectivity index (χ1) is 13.2. The highest BCUT2D eigenvalue weighted by Crippen LogP contribution is 2.17. The Balaban J connectivity index is 0.00000280. The summed E-state index contributed by atoms with van der Waals surface area (Å²) in [4.78, 5) is 9.09. The molecular formula is C21H28FIN4O. The van der Waals surface area contributed by atoms with Crippen molar-refractivity contribution in [3.63, 3.8) is 0 Å². The van der Waals surface area contributed by atoms with Crippen LogP contribution in [0.15, 0.2) is 53.5 Å². The van der Waals surface area contributed by atoms with Gasteiger partial charge in [-0.3, -0.25) is 9.89 Å². The second kappa shape index (κ2) is 11.2. The Morgan fingerprint density at radius 2 is 1.79 bits per heavy atom. The second-order valence-electron chi connectivity index (χ2n) is 6.62. The zero-order chi connectivity index (χ0) is 19.1. The number of methoxy groups -OCH3 is 1.